The molecule has 0 N–H and O–H groups in total. The average molecular weight is 207 g/mol. The quantitative estimate of drug-likeness (QED) is 0.467. The van der Waals surface area contributed by atoms with Gasteiger partial charge >= 0.3 is 0 Å². The van der Waals surface area contributed by atoms with E-state index in [4.69, 9.17) is 0 Å². The first-order chi connectivity index (χ1) is 7.36. The van der Waals surface area contributed by atoms with Crippen molar-refractivity contribution in [1.29, 1.82) is 0 Å². The Hall–Kier alpha value is -0.300. The summed E-state index contributed by atoms with van der Waals surface area (Å²) in [5, 5.41) is 0. The molecule has 1 saturated carbocycles. The van der Waals surface area contributed by atoms with E-state index < -0.39 is 0 Å². The molecule has 0 aromatic heterocycles. The molecular weight excluding hydrogens is 182 g/mol. The molecule has 0 atom stereocenters. The summed E-state index contributed by atoms with van der Waals surface area (Å²) in [7, 11) is 0. The van der Waals surface area contributed by atoms with Gasteiger partial charge in [0.1, 0.15) is 0 Å². The van der Waals surface area contributed by atoms with E-state index in [2.05, 4.69) is 11.5 Å². The molecule has 2 rings (SSSR count). The van der Waals surface area contributed by atoms with Gasteiger partial charge in [-0.2, -0.15) is 0 Å². The van der Waals surface area contributed by atoms with Crippen molar-refractivity contribution < 1.29 is 0 Å². The molecule has 1 aliphatic heterocycles. The predicted molar refractivity (Wildman–Crippen MR) is 66.1 cm³/mol. The van der Waals surface area contributed by atoms with Crippen molar-refractivity contribution in [2.75, 3.05) is 13.1 Å². The van der Waals surface area contributed by atoms with Crippen LogP contribution in [0.3, 0.4) is 0 Å². The molecule has 1 heteroatoms. The molecule has 1 saturated heterocycles. The number of nitrogens with zero attached hydrogens (tertiary/aromatic N) is 1. The fraction of sp³-hybridized carbons (Fsp3) is 0.857. The van der Waals surface area contributed by atoms with Crippen LogP contribution in [0, 0.1) is 0 Å². The lowest BCUT2D eigenvalue weighted by molar-refractivity contribution is 0.187. The highest BCUT2D eigenvalue weighted by molar-refractivity contribution is 4.97. The Kier molecular flexibility index (Phi) is 4.25. The molecule has 1 nitrogen and oxygen atoms in total. The maximum absolute atomic E-state index is 4.15. The first-order valence-electron chi connectivity index (χ1n) is 6.77. The smallest absolute Gasteiger partial charge is 0.00953 e. The van der Waals surface area contributed by atoms with Gasteiger partial charge in [-0.25, -0.2) is 0 Å². The molecule has 0 aromatic rings. The molecule has 0 amide bonds. The van der Waals surface area contributed by atoms with E-state index in [9.17, 15) is 0 Å². The molecule has 15 heavy (non-hydrogen) atoms. The fourth-order valence-electron chi connectivity index (χ4n) is 3.06. The third-order valence-electron chi connectivity index (χ3n) is 4.07. The zero-order valence-electron chi connectivity index (χ0n) is 10.0. The van der Waals surface area contributed by atoms with Gasteiger partial charge in [0.25, 0.3) is 0 Å². The van der Waals surface area contributed by atoms with Gasteiger partial charge in [-0.15, -0.1) is 0 Å². The average Bonchev–Trinajstić information content (AvgIpc) is 2.59. The van der Waals surface area contributed by atoms with Crippen molar-refractivity contribution in [2.24, 2.45) is 0 Å². The molecule has 1 aliphatic carbocycles. The molecule has 0 spiro atoms. The highest BCUT2D eigenvalue weighted by atomic mass is 15.1. The Morgan fingerprint density at radius 1 is 0.867 bits per heavy atom. The van der Waals surface area contributed by atoms with E-state index in [0.29, 0.717) is 0 Å². The second kappa shape index (κ2) is 5.69. The number of hydrogen-bond acceptors (Lipinski definition) is 1. The summed E-state index contributed by atoms with van der Waals surface area (Å²) in [4.78, 5) is 2.75. The van der Waals surface area contributed by atoms with Crippen LogP contribution in [-0.2, 0) is 0 Å². The topological polar surface area (TPSA) is 3.24 Å². The lowest BCUT2D eigenvalue weighted by Gasteiger charge is -2.29. The van der Waals surface area contributed by atoms with E-state index in [1.165, 1.54) is 76.5 Å². The molecule has 0 radical (unpaired) electrons. The zero-order chi connectivity index (χ0) is 10.5. The summed E-state index contributed by atoms with van der Waals surface area (Å²) >= 11 is 0. The Labute approximate surface area is 94.5 Å². The van der Waals surface area contributed by atoms with Crippen molar-refractivity contribution >= 4 is 0 Å². The first kappa shape index (κ1) is 11.2. The van der Waals surface area contributed by atoms with Gasteiger partial charge in [0.15, 0.2) is 0 Å². The third-order valence-corrected chi connectivity index (χ3v) is 4.07. The summed E-state index contributed by atoms with van der Waals surface area (Å²) in [5.74, 6) is 0. The lowest BCUT2D eigenvalue weighted by Crippen LogP contribution is -2.35. The van der Waals surface area contributed by atoms with Gasteiger partial charge < -0.3 is 4.90 Å². The molecule has 0 bridgehead atoms. The predicted octanol–water partition coefficient (Wildman–Crippen LogP) is 3.75. The van der Waals surface area contributed by atoms with E-state index in [1.54, 1.807) is 0 Å². The Morgan fingerprint density at radius 3 is 2.33 bits per heavy atom. The molecule has 2 fully saturated rings. The van der Waals surface area contributed by atoms with Crippen LogP contribution >= 0.6 is 0 Å². The van der Waals surface area contributed by atoms with Crippen molar-refractivity contribution in [3.63, 3.8) is 0 Å². The Bertz CT molecular complexity index is 201. The molecule has 0 unspecified atom stereocenters. The minimum Gasteiger partial charge on any atom is -0.300 e. The van der Waals surface area contributed by atoms with Crippen LogP contribution in [0.15, 0.2) is 12.2 Å². The maximum atomic E-state index is 4.15. The summed E-state index contributed by atoms with van der Waals surface area (Å²) < 4.78 is 0. The highest BCUT2D eigenvalue weighted by Crippen LogP contribution is 2.25. The summed E-state index contributed by atoms with van der Waals surface area (Å²) in [6.45, 7) is 6.75. The van der Waals surface area contributed by atoms with E-state index in [0.717, 1.165) is 6.04 Å². The second-order valence-electron chi connectivity index (χ2n) is 5.28. The Balaban J connectivity index is 1.87. The molecular formula is C14H25N. The standard InChI is InChI=1S/C14H25N/c1-13-7-6-11-15(12-10-13)14-8-4-2-3-5-9-14/h14H,1-12H2. The SMILES string of the molecule is C=C1CCCN(C2CCCCCC2)CC1. The number of rotatable bonds is 1. The Morgan fingerprint density at radius 2 is 1.60 bits per heavy atom. The highest BCUT2D eigenvalue weighted by Gasteiger charge is 2.21. The molecule has 0 aromatic carbocycles. The molecule has 86 valence electrons. The van der Waals surface area contributed by atoms with Crippen LogP contribution in [0.1, 0.15) is 57.8 Å². The minimum absolute atomic E-state index is 0.901. The molecule has 1 heterocycles. The summed E-state index contributed by atoms with van der Waals surface area (Å²) in [6.07, 6.45) is 12.6. The van der Waals surface area contributed by atoms with Crippen molar-refractivity contribution in [3.05, 3.63) is 12.2 Å². The summed E-state index contributed by atoms with van der Waals surface area (Å²) in [5.41, 5.74) is 1.48. The van der Waals surface area contributed by atoms with Crippen LogP contribution in [0.2, 0.25) is 0 Å². The first-order valence-corrected chi connectivity index (χ1v) is 6.77. The van der Waals surface area contributed by atoms with Gasteiger partial charge in [0, 0.05) is 12.6 Å². The van der Waals surface area contributed by atoms with Crippen LogP contribution in [0.25, 0.3) is 0 Å². The van der Waals surface area contributed by atoms with Gasteiger partial charge in [-0.1, -0.05) is 37.8 Å². The third kappa shape index (κ3) is 3.34. The fourth-order valence-corrected chi connectivity index (χ4v) is 3.06. The zero-order valence-corrected chi connectivity index (χ0v) is 10.0. The van der Waals surface area contributed by atoms with Crippen molar-refractivity contribution in [3.8, 4) is 0 Å². The second-order valence-corrected chi connectivity index (χ2v) is 5.28. The van der Waals surface area contributed by atoms with Crippen LogP contribution in [-0.4, -0.2) is 24.0 Å². The normalized spacial score (nSPS) is 27.3. The largest absolute Gasteiger partial charge is 0.300 e. The van der Waals surface area contributed by atoms with Crippen LogP contribution < -0.4 is 0 Å². The van der Waals surface area contributed by atoms with E-state index in [-0.39, 0.29) is 0 Å². The van der Waals surface area contributed by atoms with Gasteiger partial charge in [-0.3, -0.25) is 0 Å². The number of hydrogen-bond donors (Lipinski definition) is 0. The van der Waals surface area contributed by atoms with Gasteiger partial charge in [-0.05, 0) is 38.6 Å². The van der Waals surface area contributed by atoms with E-state index >= 15 is 0 Å². The van der Waals surface area contributed by atoms with E-state index in [1.807, 2.05) is 0 Å². The van der Waals surface area contributed by atoms with Crippen molar-refractivity contribution in [1.82, 2.24) is 4.90 Å². The van der Waals surface area contributed by atoms with Gasteiger partial charge in [0.05, 0.1) is 0 Å². The number of likely N-dealkylation sites (tertiary alicyclic amines) is 1. The molecule has 2 aliphatic rings. The van der Waals surface area contributed by atoms with Crippen molar-refractivity contribution in [2.45, 2.75) is 63.8 Å². The van der Waals surface area contributed by atoms with Gasteiger partial charge in [0.2, 0.25) is 0 Å². The summed E-state index contributed by atoms with van der Waals surface area (Å²) in [6, 6.07) is 0.901. The monoisotopic (exact) mass is 207 g/mol. The lowest BCUT2D eigenvalue weighted by atomic mass is 10.1. The van der Waals surface area contributed by atoms with Crippen LogP contribution in [0.5, 0.6) is 0 Å². The maximum Gasteiger partial charge on any atom is 0.00953 e. The minimum atomic E-state index is 0.901. The van der Waals surface area contributed by atoms with Crippen LogP contribution in [0.4, 0.5) is 0 Å².